The topological polar surface area (TPSA) is 69.9 Å². The fourth-order valence-electron chi connectivity index (χ4n) is 3.73. The fraction of sp³-hybridized carbons (Fsp3) is 0. The van der Waals surface area contributed by atoms with Crippen molar-refractivity contribution in [2.75, 3.05) is 0 Å². The normalized spacial score (nSPS) is 11.5. The van der Waals surface area contributed by atoms with E-state index in [-0.39, 0.29) is 7.69 Å². The summed E-state index contributed by atoms with van der Waals surface area (Å²) in [6.45, 7) is 0. The highest BCUT2D eigenvalue weighted by molar-refractivity contribution is 6.58. The molecule has 0 spiro atoms. The molecule has 6 heteroatoms. The average molecular weight is 420 g/mol. The molecule has 4 aromatic carbocycles. The summed E-state index contributed by atoms with van der Waals surface area (Å²) in [6.07, 6.45) is 0. The minimum atomic E-state index is -1.51. The van der Waals surface area contributed by atoms with Gasteiger partial charge < -0.3 is 19.7 Å². The van der Waals surface area contributed by atoms with E-state index in [1.54, 1.807) is 12.1 Å². The highest BCUT2D eigenvalue weighted by Crippen LogP contribution is 2.37. The van der Waals surface area contributed by atoms with E-state index in [0.717, 1.165) is 33.4 Å². The van der Waals surface area contributed by atoms with E-state index in [1.807, 2.05) is 72.8 Å². The maximum atomic E-state index is 9.52. The molecule has 0 heterocycles. The first-order valence-electron chi connectivity index (χ1n) is 10.3. The summed E-state index contributed by atoms with van der Waals surface area (Å²) in [5, 5.41) is 28.1. The molecule has 0 atom stereocenters. The Balaban J connectivity index is 1.99. The van der Waals surface area contributed by atoms with E-state index in [4.69, 9.17) is 9.68 Å². The molecule has 4 nitrogen and oxygen atoms in total. The van der Waals surface area contributed by atoms with Crippen LogP contribution >= 0.6 is 0 Å². The molecular formula is C26H22B2O4. The zero-order valence-corrected chi connectivity index (χ0v) is 17.4. The van der Waals surface area contributed by atoms with Crippen LogP contribution in [0.2, 0.25) is 0 Å². The van der Waals surface area contributed by atoms with E-state index in [9.17, 15) is 10.0 Å². The predicted octanol–water partition coefficient (Wildman–Crippen LogP) is 3.01. The van der Waals surface area contributed by atoms with Gasteiger partial charge in [-0.05, 0) is 51.0 Å². The zero-order valence-electron chi connectivity index (χ0n) is 17.4. The third kappa shape index (κ3) is 4.84. The van der Waals surface area contributed by atoms with Gasteiger partial charge in [0.15, 0.2) is 0 Å². The van der Waals surface area contributed by atoms with Gasteiger partial charge in [-0.15, -0.1) is 0 Å². The van der Waals surface area contributed by atoms with Crippen LogP contribution in [0.25, 0.3) is 11.1 Å². The molecule has 0 amide bonds. The Hall–Kier alpha value is -3.57. The summed E-state index contributed by atoms with van der Waals surface area (Å²) >= 11 is 0. The predicted molar refractivity (Wildman–Crippen MR) is 131 cm³/mol. The molecule has 0 fully saturated rings. The van der Waals surface area contributed by atoms with E-state index in [2.05, 4.69) is 24.3 Å². The lowest BCUT2D eigenvalue weighted by Crippen LogP contribution is -2.29. The first-order chi connectivity index (χ1) is 15.7. The molecule has 156 valence electrons. The Morgan fingerprint density at radius 2 is 0.969 bits per heavy atom. The third-order valence-corrected chi connectivity index (χ3v) is 5.25. The molecule has 32 heavy (non-hydrogen) atoms. The second-order valence-corrected chi connectivity index (χ2v) is 7.28. The van der Waals surface area contributed by atoms with Crippen molar-refractivity contribution < 1.29 is 19.7 Å². The van der Waals surface area contributed by atoms with E-state index in [1.165, 1.54) is 0 Å². The molecule has 0 bridgehead atoms. The molecular weight excluding hydrogens is 398 g/mol. The smallest absolute Gasteiger partial charge is 0.504 e. The number of benzene rings is 4. The molecule has 0 aliphatic rings. The van der Waals surface area contributed by atoms with Crippen molar-refractivity contribution in [3.8, 4) is 5.75 Å². The molecule has 0 radical (unpaired) electrons. The molecule has 3 N–H and O–H groups in total. The van der Waals surface area contributed by atoms with Crippen molar-refractivity contribution in [2.24, 2.45) is 0 Å². The fourth-order valence-corrected chi connectivity index (χ4v) is 3.73. The van der Waals surface area contributed by atoms with Crippen molar-refractivity contribution in [3.05, 3.63) is 131 Å². The van der Waals surface area contributed by atoms with Crippen molar-refractivity contribution in [1.82, 2.24) is 0 Å². The van der Waals surface area contributed by atoms with Gasteiger partial charge in [0.25, 0.3) is 0 Å². The Bertz CT molecular complexity index is 1170. The first kappa shape index (κ1) is 21.7. The van der Waals surface area contributed by atoms with Gasteiger partial charge >= 0.3 is 14.8 Å². The maximum absolute atomic E-state index is 9.52. The van der Waals surface area contributed by atoms with Crippen molar-refractivity contribution in [2.45, 2.75) is 0 Å². The van der Waals surface area contributed by atoms with E-state index >= 15 is 0 Å². The van der Waals surface area contributed by atoms with Gasteiger partial charge in [0.05, 0.1) is 0 Å². The SMILES string of the molecule is OBOc1ccc(/C(=C(\c2ccccc2)c2ccc(B(O)O)cc2)c2ccccc2)cc1. The van der Waals surface area contributed by atoms with E-state index < -0.39 is 7.12 Å². The summed E-state index contributed by atoms with van der Waals surface area (Å²) in [5.41, 5.74) is 6.53. The third-order valence-electron chi connectivity index (χ3n) is 5.25. The highest BCUT2D eigenvalue weighted by Gasteiger charge is 2.17. The van der Waals surface area contributed by atoms with Crippen molar-refractivity contribution in [1.29, 1.82) is 0 Å². The molecule has 0 unspecified atom stereocenters. The van der Waals surface area contributed by atoms with Crippen LogP contribution in [0.4, 0.5) is 0 Å². The van der Waals surface area contributed by atoms with E-state index in [0.29, 0.717) is 11.2 Å². The highest BCUT2D eigenvalue weighted by atomic mass is 16.5. The van der Waals surface area contributed by atoms with Gasteiger partial charge in [0.2, 0.25) is 0 Å². The number of hydrogen-bond donors (Lipinski definition) is 3. The molecule has 4 aromatic rings. The van der Waals surface area contributed by atoms with Gasteiger partial charge in [-0.1, -0.05) is 97.1 Å². The number of hydrogen-bond acceptors (Lipinski definition) is 4. The quantitative estimate of drug-likeness (QED) is 0.318. The first-order valence-corrected chi connectivity index (χ1v) is 10.3. The molecule has 0 aliphatic heterocycles. The van der Waals surface area contributed by atoms with Gasteiger partial charge in [0, 0.05) is 0 Å². The number of rotatable bonds is 7. The zero-order chi connectivity index (χ0) is 22.3. The Labute approximate surface area is 188 Å². The minimum absolute atomic E-state index is 0.376. The van der Waals surface area contributed by atoms with Crippen molar-refractivity contribution in [3.63, 3.8) is 0 Å². The lowest BCUT2D eigenvalue weighted by Gasteiger charge is -2.18. The standard InChI is InChI=1S/C26H22B2O4/c29-27-32-24-17-13-22(14-18-24)26(20-9-5-2-6-10-20)25(19-7-3-1-4-8-19)21-11-15-23(16-12-21)28(30)31/h1-18,27,29-31H/b26-25+. The largest absolute Gasteiger partial charge is 0.539 e. The Morgan fingerprint density at radius 3 is 1.38 bits per heavy atom. The van der Waals surface area contributed by atoms with Crippen LogP contribution in [0.5, 0.6) is 5.75 Å². The molecule has 0 saturated heterocycles. The minimum Gasteiger partial charge on any atom is -0.539 e. The van der Waals surface area contributed by atoms with Crippen LogP contribution in [-0.4, -0.2) is 29.9 Å². The van der Waals surface area contributed by atoms with Crippen molar-refractivity contribution >= 4 is 31.4 Å². The summed E-state index contributed by atoms with van der Waals surface area (Å²) in [5.74, 6) is 0.589. The van der Waals surface area contributed by atoms with Crippen LogP contribution in [0.1, 0.15) is 22.3 Å². The Morgan fingerprint density at radius 1 is 0.562 bits per heavy atom. The monoisotopic (exact) mass is 420 g/mol. The van der Waals surface area contributed by atoms with Gasteiger partial charge in [-0.25, -0.2) is 0 Å². The summed E-state index contributed by atoms with van der Waals surface area (Å²) in [6, 6.07) is 35.1. The second-order valence-electron chi connectivity index (χ2n) is 7.28. The van der Waals surface area contributed by atoms with Gasteiger partial charge in [-0.3, -0.25) is 0 Å². The molecule has 0 aromatic heterocycles. The van der Waals surface area contributed by atoms with Gasteiger partial charge in [-0.2, -0.15) is 0 Å². The Kier molecular flexibility index (Phi) is 6.87. The van der Waals surface area contributed by atoms with Crippen LogP contribution in [0, 0.1) is 0 Å². The van der Waals surface area contributed by atoms with Gasteiger partial charge in [0.1, 0.15) is 5.75 Å². The van der Waals surface area contributed by atoms with Crippen LogP contribution in [-0.2, 0) is 0 Å². The molecule has 0 saturated carbocycles. The lowest BCUT2D eigenvalue weighted by molar-refractivity contribution is 0.425. The lowest BCUT2D eigenvalue weighted by atomic mass is 9.78. The second kappa shape index (κ2) is 10.2. The molecule has 0 aliphatic carbocycles. The summed E-state index contributed by atoms with van der Waals surface area (Å²) < 4.78 is 5.20. The summed E-state index contributed by atoms with van der Waals surface area (Å²) in [4.78, 5) is 0. The average Bonchev–Trinajstić information content (AvgIpc) is 2.84. The maximum Gasteiger partial charge on any atom is 0.504 e. The van der Waals surface area contributed by atoms with Crippen LogP contribution in [0.15, 0.2) is 109 Å². The summed E-state index contributed by atoms with van der Waals surface area (Å²) in [7, 11) is -1.89. The van der Waals surface area contributed by atoms with Crippen LogP contribution < -0.4 is 10.1 Å². The molecule has 4 rings (SSSR count). The van der Waals surface area contributed by atoms with Crippen LogP contribution in [0.3, 0.4) is 0 Å².